The Bertz CT molecular complexity index is 820. The van der Waals surface area contributed by atoms with Gasteiger partial charge in [-0.3, -0.25) is 4.79 Å². The number of aromatic nitrogens is 2. The summed E-state index contributed by atoms with van der Waals surface area (Å²) < 4.78 is 5.92. The Kier molecular flexibility index (Phi) is 5.20. The molecule has 1 aromatic heterocycles. The summed E-state index contributed by atoms with van der Waals surface area (Å²) in [4.78, 5) is 16.9. The lowest BCUT2D eigenvalue weighted by molar-refractivity contribution is -0.138. The molecular formula is C22H28N4O2. The van der Waals surface area contributed by atoms with E-state index in [0.29, 0.717) is 19.0 Å². The van der Waals surface area contributed by atoms with E-state index < -0.39 is 6.10 Å². The number of aryl methyl sites for hydroxylation is 2. The number of amides is 1. The lowest BCUT2D eigenvalue weighted by atomic mass is 10.1. The third kappa shape index (κ3) is 4.26. The molecule has 0 spiro atoms. The standard InChI is InChI=1S/C22H28N4O2/c1-15-12-16(2)14-19(13-15)28-17(3)22(27)26-10-8-25(9-11-26)21-7-6-20(23-24-21)18-4-5-18/h6-7,12-14,17-18H,4-5,8-11H2,1-3H3. The van der Waals surface area contributed by atoms with Crippen molar-refractivity contribution in [1.82, 2.24) is 15.1 Å². The van der Waals surface area contributed by atoms with E-state index in [-0.39, 0.29) is 5.91 Å². The minimum absolute atomic E-state index is 0.0361. The van der Waals surface area contributed by atoms with Gasteiger partial charge in [-0.2, -0.15) is 5.10 Å². The number of ether oxygens (including phenoxy) is 1. The molecule has 148 valence electrons. The maximum absolute atomic E-state index is 12.8. The summed E-state index contributed by atoms with van der Waals surface area (Å²) in [6.45, 7) is 8.77. The van der Waals surface area contributed by atoms with Gasteiger partial charge in [0, 0.05) is 32.1 Å². The molecule has 2 aromatic rings. The number of carbonyl (C=O) groups is 1. The minimum atomic E-state index is -0.495. The van der Waals surface area contributed by atoms with E-state index in [9.17, 15) is 4.79 Å². The average molecular weight is 380 g/mol. The van der Waals surface area contributed by atoms with Gasteiger partial charge in [0.2, 0.25) is 0 Å². The van der Waals surface area contributed by atoms with Gasteiger partial charge in [-0.15, -0.1) is 5.10 Å². The molecule has 1 saturated heterocycles. The molecule has 6 heteroatoms. The van der Waals surface area contributed by atoms with Crippen LogP contribution in [0.5, 0.6) is 5.75 Å². The molecule has 4 rings (SSSR count). The molecule has 1 amide bonds. The van der Waals surface area contributed by atoms with Crippen LogP contribution < -0.4 is 9.64 Å². The SMILES string of the molecule is Cc1cc(C)cc(OC(C)C(=O)N2CCN(c3ccc(C4CC4)nn3)CC2)c1. The first-order valence-corrected chi connectivity index (χ1v) is 10.1. The summed E-state index contributed by atoms with van der Waals surface area (Å²) in [6.07, 6.45) is 1.97. The van der Waals surface area contributed by atoms with Gasteiger partial charge in [0.05, 0.1) is 5.69 Å². The fourth-order valence-electron chi connectivity index (χ4n) is 3.77. The quantitative estimate of drug-likeness (QED) is 0.798. The topological polar surface area (TPSA) is 58.6 Å². The predicted molar refractivity (Wildman–Crippen MR) is 109 cm³/mol. The molecule has 0 N–H and O–H groups in total. The molecule has 2 aliphatic rings. The second-order valence-electron chi connectivity index (χ2n) is 7.99. The van der Waals surface area contributed by atoms with Gasteiger partial charge in [-0.1, -0.05) is 6.07 Å². The lowest BCUT2D eigenvalue weighted by Crippen LogP contribution is -2.52. The molecule has 2 fully saturated rings. The first kappa shape index (κ1) is 18.7. The number of hydrogen-bond acceptors (Lipinski definition) is 5. The average Bonchev–Trinajstić information content (AvgIpc) is 3.52. The molecule has 0 radical (unpaired) electrons. The zero-order valence-corrected chi connectivity index (χ0v) is 16.9. The molecule has 2 heterocycles. The number of carbonyl (C=O) groups excluding carboxylic acids is 1. The van der Waals surface area contributed by atoms with Crippen LogP contribution in [0, 0.1) is 13.8 Å². The monoisotopic (exact) mass is 380 g/mol. The summed E-state index contributed by atoms with van der Waals surface area (Å²) >= 11 is 0. The van der Waals surface area contributed by atoms with Gasteiger partial charge >= 0.3 is 0 Å². The third-order valence-electron chi connectivity index (χ3n) is 5.44. The van der Waals surface area contributed by atoms with Gasteiger partial charge in [-0.05, 0) is 69.0 Å². The second kappa shape index (κ2) is 7.78. The predicted octanol–water partition coefficient (Wildman–Crippen LogP) is 3.09. The van der Waals surface area contributed by atoms with Crippen molar-refractivity contribution in [3.63, 3.8) is 0 Å². The minimum Gasteiger partial charge on any atom is -0.481 e. The van der Waals surface area contributed by atoms with Crippen LogP contribution in [0.2, 0.25) is 0 Å². The Morgan fingerprint density at radius 3 is 2.29 bits per heavy atom. The highest BCUT2D eigenvalue weighted by molar-refractivity contribution is 5.81. The number of nitrogens with zero attached hydrogens (tertiary/aromatic N) is 4. The van der Waals surface area contributed by atoms with Crippen LogP contribution in [0.4, 0.5) is 5.82 Å². The summed E-state index contributed by atoms with van der Waals surface area (Å²) in [5.74, 6) is 2.31. The summed E-state index contributed by atoms with van der Waals surface area (Å²) in [5.41, 5.74) is 3.38. The van der Waals surface area contributed by atoms with E-state index >= 15 is 0 Å². The summed E-state index contributed by atoms with van der Waals surface area (Å²) in [5, 5.41) is 8.76. The molecule has 0 bridgehead atoms. The van der Waals surface area contributed by atoms with Gasteiger partial charge in [0.1, 0.15) is 5.75 Å². The van der Waals surface area contributed by atoms with Crippen molar-refractivity contribution in [2.75, 3.05) is 31.1 Å². The third-order valence-corrected chi connectivity index (χ3v) is 5.44. The highest BCUT2D eigenvalue weighted by Gasteiger charge is 2.28. The Morgan fingerprint density at radius 1 is 1.04 bits per heavy atom. The fraction of sp³-hybridized carbons (Fsp3) is 0.500. The molecule has 1 aromatic carbocycles. The van der Waals surface area contributed by atoms with Gasteiger partial charge in [-0.25, -0.2) is 0 Å². The second-order valence-corrected chi connectivity index (χ2v) is 7.99. The van der Waals surface area contributed by atoms with Gasteiger partial charge in [0.15, 0.2) is 11.9 Å². The van der Waals surface area contributed by atoms with E-state index in [2.05, 4.69) is 33.3 Å². The van der Waals surface area contributed by atoms with Crippen molar-refractivity contribution in [3.8, 4) is 5.75 Å². The molecule has 1 unspecified atom stereocenters. The zero-order chi connectivity index (χ0) is 19.7. The Morgan fingerprint density at radius 2 is 1.71 bits per heavy atom. The number of rotatable bonds is 5. The molecule has 6 nitrogen and oxygen atoms in total. The van der Waals surface area contributed by atoms with E-state index in [1.54, 1.807) is 0 Å². The zero-order valence-electron chi connectivity index (χ0n) is 16.9. The highest BCUT2D eigenvalue weighted by atomic mass is 16.5. The molecule has 1 atom stereocenters. The maximum Gasteiger partial charge on any atom is 0.263 e. The van der Waals surface area contributed by atoms with Crippen LogP contribution in [0.1, 0.15) is 42.5 Å². The van der Waals surface area contributed by atoms with Crippen molar-refractivity contribution in [3.05, 3.63) is 47.2 Å². The van der Waals surface area contributed by atoms with Crippen molar-refractivity contribution in [1.29, 1.82) is 0 Å². The van der Waals surface area contributed by atoms with Crippen molar-refractivity contribution < 1.29 is 9.53 Å². The van der Waals surface area contributed by atoms with Crippen molar-refractivity contribution in [2.45, 2.75) is 45.6 Å². The smallest absolute Gasteiger partial charge is 0.263 e. The molecule has 1 aliphatic heterocycles. The first-order valence-electron chi connectivity index (χ1n) is 10.1. The fourth-order valence-corrected chi connectivity index (χ4v) is 3.77. The van der Waals surface area contributed by atoms with Crippen molar-refractivity contribution in [2.24, 2.45) is 0 Å². The van der Waals surface area contributed by atoms with Crippen LogP contribution in [-0.2, 0) is 4.79 Å². The summed E-state index contributed by atoms with van der Waals surface area (Å²) in [7, 11) is 0. The number of anilines is 1. The van der Waals surface area contributed by atoms with E-state index in [1.807, 2.05) is 37.8 Å². The van der Waals surface area contributed by atoms with Crippen LogP contribution in [-0.4, -0.2) is 53.3 Å². The molecule has 1 aliphatic carbocycles. The van der Waals surface area contributed by atoms with Crippen LogP contribution >= 0.6 is 0 Å². The van der Waals surface area contributed by atoms with E-state index in [1.165, 1.54) is 12.8 Å². The highest BCUT2D eigenvalue weighted by Crippen LogP contribution is 2.38. The van der Waals surface area contributed by atoms with E-state index in [4.69, 9.17) is 4.74 Å². The largest absolute Gasteiger partial charge is 0.481 e. The van der Waals surface area contributed by atoms with Crippen molar-refractivity contribution >= 4 is 11.7 Å². The summed E-state index contributed by atoms with van der Waals surface area (Å²) in [6, 6.07) is 10.2. The number of hydrogen-bond donors (Lipinski definition) is 0. The normalized spacial score (nSPS) is 18.1. The van der Waals surface area contributed by atoms with Gasteiger partial charge in [0.25, 0.3) is 5.91 Å². The van der Waals surface area contributed by atoms with Gasteiger partial charge < -0.3 is 14.5 Å². The maximum atomic E-state index is 12.8. The Labute approximate surface area is 166 Å². The molecule has 28 heavy (non-hydrogen) atoms. The van der Waals surface area contributed by atoms with Crippen LogP contribution in [0.15, 0.2) is 30.3 Å². The number of benzene rings is 1. The molecule has 1 saturated carbocycles. The van der Waals surface area contributed by atoms with Crippen LogP contribution in [0.3, 0.4) is 0 Å². The molecular weight excluding hydrogens is 352 g/mol. The van der Waals surface area contributed by atoms with Crippen LogP contribution in [0.25, 0.3) is 0 Å². The Hall–Kier alpha value is -2.63. The van der Waals surface area contributed by atoms with E-state index in [0.717, 1.165) is 41.5 Å². The Balaban J connectivity index is 1.31. The first-order chi connectivity index (χ1) is 13.5. The lowest BCUT2D eigenvalue weighted by Gasteiger charge is -2.36. The number of piperazine rings is 1.